The molecular weight excluding hydrogens is 362 g/mol. The van der Waals surface area contributed by atoms with Gasteiger partial charge >= 0.3 is 12.0 Å². The van der Waals surface area contributed by atoms with E-state index < -0.39 is 36.6 Å². The van der Waals surface area contributed by atoms with E-state index in [4.69, 9.17) is 4.74 Å². The van der Waals surface area contributed by atoms with Crippen molar-refractivity contribution in [3.05, 3.63) is 30.3 Å². The summed E-state index contributed by atoms with van der Waals surface area (Å²) >= 11 is 0. The molecule has 0 unspecified atom stereocenters. The van der Waals surface area contributed by atoms with E-state index in [0.717, 1.165) is 17.7 Å². The minimum Gasteiger partial charge on any atom is -0.454 e. The molecule has 1 aromatic rings. The first-order chi connectivity index (χ1) is 13.2. The third-order valence-corrected chi connectivity index (χ3v) is 5.16. The number of benzene rings is 1. The second kappa shape index (κ2) is 7.61. The van der Waals surface area contributed by atoms with Gasteiger partial charge in [-0.05, 0) is 51.7 Å². The molecule has 0 bridgehead atoms. The average Bonchev–Trinajstić information content (AvgIpc) is 3.47. The van der Waals surface area contributed by atoms with Crippen LogP contribution < -0.4 is 10.2 Å². The van der Waals surface area contributed by atoms with Crippen LogP contribution >= 0.6 is 0 Å². The van der Waals surface area contributed by atoms with Gasteiger partial charge < -0.3 is 15.0 Å². The van der Waals surface area contributed by atoms with E-state index in [1.807, 2.05) is 32.0 Å². The first-order valence-electron chi connectivity index (χ1n) is 9.41. The normalized spacial score (nSPS) is 21.6. The van der Waals surface area contributed by atoms with Gasteiger partial charge in [0.1, 0.15) is 12.1 Å². The Labute approximate surface area is 163 Å². The number of hydrogen-bond acceptors (Lipinski definition) is 5. The van der Waals surface area contributed by atoms with E-state index in [1.165, 1.54) is 4.90 Å². The lowest BCUT2D eigenvalue weighted by Crippen LogP contribution is -2.46. The zero-order chi connectivity index (χ0) is 20.5. The molecule has 1 aromatic carbocycles. The standard InChI is InChI=1S/C20H25N3O5/c1-13(2)23(15-7-5-4-6-8-15)16(24)12-28-17(25)11-22-18(26)20(3,14-9-10-14)21-19(22)27/h4-8,13-14H,9-12H2,1-3H3,(H,21,27)/t20-/m0/s1. The average molecular weight is 387 g/mol. The van der Waals surface area contributed by atoms with E-state index in [9.17, 15) is 19.2 Å². The molecule has 1 heterocycles. The van der Waals surface area contributed by atoms with E-state index in [2.05, 4.69) is 5.32 Å². The summed E-state index contributed by atoms with van der Waals surface area (Å²) in [5.74, 6) is -1.49. The Balaban J connectivity index is 1.57. The van der Waals surface area contributed by atoms with Crippen molar-refractivity contribution in [1.29, 1.82) is 0 Å². The van der Waals surface area contributed by atoms with Crippen LogP contribution in [0.15, 0.2) is 30.3 Å². The fourth-order valence-electron chi connectivity index (χ4n) is 3.50. The van der Waals surface area contributed by atoms with Crippen LogP contribution in [0.4, 0.5) is 10.5 Å². The molecule has 0 aromatic heterocycles. The molecule has 1 saturated heterocycles. The van der Waals surface area contributed by atoms with Crippen LogP contribution in [0.25, 0.3) is 0 Å². The molecule has 150 valence electrons. The molecule has 8 heteroatoms. The number of nitrogens with zero attached hydrogens (tertiary/aromatic N) is 2. The number of rotatable bonds is 7. The lowest BCUT2D eigenvalue weighted by molar-refractivity contribution is -0.150. The van der Waals surface area contributed by atoms with Crippen LogP contribution in [0.1, 0.15) is 33.6 Å². The molecule has 1 atom stereocenters. The monoisotopic (exact) mass is 387 g/mol. The van der Waals surface area contributed by atoms with E-state index in [0.29, 0.717) is 5.69 Å². The summed E-state index contributed by atoms with van der Waals surface area (Å²) in [5.41, 5.74) is -0.248. The van der Waals surface area contributed by atoms with Crippen molar-refractivity contribution in [3.8, 4) is 0 Å². The number of imide groups is 1. The van der Waals surface area contributed by atoms with E-state index >= 15 is 0 Å². The van der Waals surface area contributed by atoms with Crippen molar-refractivity contribution in [2.24, 2.45) is 5.92 Å². The van der Waals surface area contributed by atoms with Crippen LogP contribution in [-0.4, -0.2) is 53.4 Å². The molecule has 1 saturated carbocycles. The number of carbonyl (C=O) groups excluding carboxylic acids is 4. The predicted octanol–water partition coefficient (Wildman–Crippen LogP) is 1.69. The van der Waals surface area contributed by atoms with Crippen molar-refractivity contribution >= 4 is 29.5 Å². The summed E-state index contributed by atoms with van der Waals surface area (Å²) in [4.78, 5) is 51.7. The van der Waals surface area contributed by atoms with Gasteiger partial charge in [-0.3, -0.25) is 19.3 Å². The lowest BCUT2D eigenvalue weighted by atomic mass is 9.96. The molecule has 1 aliphatic heterocycles. The number of carbonyl (C=O) groups is 4. The Bertz CT molecular complexity index is 790. The zero-order valence-electron chi connectivity index (χ0n) is 16.3. The molecule has 2 aliphatic rings. The highest BCUT2D eigenvalue weighted by Gasteiger charge is 2.56. The van der Waals surface area contributed by atoms with Gasteiger partial charge in [-0.15, -0.1) is 0 Å². The third-order valence-electron chi connectivity index (χ3n) is 5.16. The number of ether oxygens (including phenoxy) is 1. The quantitative estimate of drug-likeness (QED) is 0.567. The highest BCUT2D eigenvalue weighted by atomic mass is 16.5. The van der Waals surface area contributed by atoms with Gasteiger partial charge in [-0.25, -0.2) is 4.79 Å². The highest BCUT2D eigenvalue weighted by molar-refractivity contribution is 6.09. The van der Waals surface area contributed by atoms with Gasteiger partial charge in [-0.2, -0.15) is 0 Å². The minimum atomic E-state index is -0.949. The van der Waals surface area contributed by atoms with Crippen molar-refractivity contribution in [2.75, 3.05) is 18.1 Å². The van der Waals surface area contributed by atoms with Crippen LogP contribution in [0.5, 0.6) is 0 Å². The van der Waals surface area contributed by atoms with Gasteiger partial charge in [0.15, 0.2) is 6.61 Å². The molecular formula is C20H25N3O5. The number of anilines is 1. The number of nitrogens with one attached hydrogen (secondary N) is 1. The molecule has 28 heavy (non-hydrogen) atoms. The Hall–Kier alpha value is -2.90. The minimum absolute atomic E-state index is 0.108. The van der Waals surface area contributed by atoms with Gasteiger partial charge in [0.05, 0.1) is 0 Å². The second-order valence-corrected chi connectivity index (χ2v) is 7.65. The maximum atomic E-state index is 12.5. The topological polar surface area (TPSA) is 96.0 Å². The lowest BCUT2D eigenvalue weighted by Gasteiger charge is -2.26. The number of para-hydroxylation sites is 1. The first-order valence-corrected chi connectivity index (χ1v) is 9.41. The van der Waals surface area contributed by atoms with Crippen molar-refractivity contribution < 1.29 is 23.9 Å². The van der Waals surface area contributed by atoms with E-state index in [-0.39, 0.29) is 17.9 Å². The van der Waals surface area contributed by atoms with E-state index in [1.54, 1.807) is 19.1 Å². The Morgan fingerprint density at radius 3 is 2.46 bits per heavy atom. The first kappa shape index (κ1) is 19.9. The van der Waals surface area contributed by atoms with Crippen LogP contribution in [-0.2, 0) is 19.1 Å². The summed E-state index contributed by atoms with van der Waals surface area (Å²) in [6.45, 7) is 4.43. The predicted molar refractivity (Wildman–Crippen MR) is 101 cm³/mol. The number of hydrogen-bond donors (Lipinski definition) is 1. The van der Waals surface area contributed by atoms with Crippen LogP contribution in [0.3, 0.4) is 0 Å². The Kier molecular flexibility index (Phi) is 5.40. The fraction of sp³-hybridized carbons (Fsp3) is 0.500. The molecule has 0 spiro atoms. The molecule has 1 N–H and O–H groups in total. The molecule has 4 amide bonds. The molecule has 0 radical (unpaired) electrons. The van der Waals surface area contributed by atoms with Crippen LogP contribution in [0, 0.1) is 5.92 Å². The zero-order valence-corrected chi connectivity index (χ0v) is 16.3. The van der Waals surface area contributed by atoms with Crippen molar-refractivity contribution in [3.63, 3.8) is 0 Å². The van der Waals surface area contributed by atoms with Crippen molar-refractivity contribution in [1.82, 2.24) is 10.2 Å². The van der Waals surface area contributed by atoms with Gasteiger partial charge in [-0.1, -0.05) is 18.2 Å². The summed E-state index contributed by atoms with van der Waals surface area (Å²) in [6, 6.07) is 8.35. The molecule has 3 rings (SSSR count). The fourth-order valence-corrected chi connectivity index (χ4v) is 3.50. The number of esters is 1. The van der Waals surface area contributed by atoms with Gasteiger partial charge in [0.2, 0.25) is 0 Å². The SMILES string of the molecule is CC(C)N(C(=O)COC(=O)CN1C(=O)N[C@@](C)(C2CC2)C1=O)c1ccccc1. The molecule has 8 nitrogen and oxygen atoms in total. The summed E-state index contributed by atoms with van der Waals surface area (Å²) in [5, 5.41) is 2.67. The largest absolute Gasteiger partial charge is 0.454 e. The summed E-state index contributed by atoms with van der Waals surface area (Å²) in [7, 11) is 0. The summed E-state index contributed by atoms with van der Waals surface area (Å²) in [6.07, 6.45) is 1.75. The van der Waals surface area contributed by atoms with Gasteiger partial charge in [0, 0.05) is 11.7 Å². The van der Waals surface area contributed by atoms with Gasteiger partial charge in [0.25, 0.3) is 11.8 Å². The summed E-state index contributed by atoms with van der Waals surface area (Å²) < 4.78 is 5.06. The smallest absolute Gasteiger partial charge is 0.326 e. The number of urea groups is 1. The van der Waals surface area contributed by atoms with Crippen molar-refractivity contribution in [2.45, 2.75) is 45.2 Å². The van der Waals surface area contributed by atoms with Crippen LogP contribution in [0.2, 0.25) is 0 Å². The molecule has 2 fully saturated rings. The number of amides is 4. The molecule has 1 aliphatic carbocycles. The highest BCUT2D eigenvalue weighted by Crippen LogP contribution is 2.42. The Morgan fingerprint density at radius 1 is 1.25 bits per heavy atom. The maximum absolute atomic E-state index is 12.5. The Morgan fingerprint density at radius 2 is 1.89 bits per heavy atom. The third kappa shape index (κ3) is 3.85. The second-order valence-electron chi connectivity index (χ2n) is 7.65. The maximum Gasteiger partial charge on any atom is 0.326 e.